The predicted molar refractivity (Wildman–Crippen MR) is 63.7 cm³/mol. The summed E-state index contributed by atoms with van der Waals surface area (Å²) < 4.78 is 22.1. The van der Waals surface area contributed by atoms with Crippen molar-refractivity contribution >= 4 is 21.3 Å². The zero-order chi connectivity index (χ0) is 13.1. The lowest BCUT2D eigenvalue weighted by atomic mass is 10.3. The van der Waals surface area contributed by atoms with Crippen LogP contribution in [-0.4, -0.2) is 36.4 Å². The van der Waals surface area contributed by atoms with E-state index in [1.807, 2.05) is 0 Å². The smallest absolute Gasteiger partial charge is 0.363 e. The molecule has 0 aliphatic carbocycles. The van der Waals surface area contributed by atoms with Crippen LogP contribution < -0.4 is 5.32 Å². The fourth-order valence-corrected chi connectivity index (χ4v) is 2.35. The summed E-state index contributed by atoms with van der Waals surface area (Å²) in [6, 6.07) is 2.47. The molecule has 1 N–H and O–H groups in total. The summed E-state index contributed by atoms with van der Waals surface area (Å²) in [6.07, 6.45) is 2.45. The second-order valence-corrected chi connectivity index (χ2v) is 5.98. The Balaban J connectivity index is 2.66. The van der Waals surface area contributed by atoms with E-state index < -0.39 is 14.8 Å². The number of anilines is 1. The van der Waals surface area contributed by atoms with Crippen molar-refractivity contribution in [1.29, 1.82) is 0 Å². The molecular weight excluding hydrogens is 246 g/mol. The molecular formula is C9H13N3O4S. The van der Waals surface area contributed by atoms with Gasteiger partial charge in [-0.15, -0.1) is 0 Å². The second kappa shape index (κ2) is 5.09. The minimum Gasteiger partial charge on any atom is -0.379 e. The Morgan fingerprint density at radius 1 is 1.53 bits per heavy atom. The highest BCUT2D eigenvalue weighted by atomic mass is 32.2. The van der Waals surface area contributed by atoms with Crippen LogP contribution in [0.3, 0.4) is 0 Å². The first-order valence-electron chi connectivity index (χ1n) is 4.82. The first kappa shape index (κ1) is 13.4. The van der Waals surface area contributed by atoms with Gasteiger partial charge in [-0.3, -0.25) is 0 Å². The summed E-state index contributed by atoms with van der Waals surface area (Å²) in [5.74, 6) is -0.254. The van der Waals surface area contributed by atoms with Crippen LogP contribution in [0.15, 0.2) is 18.3 Å². The number of sulfone groups is 1. The third-order valence-electron chi connectivity index (χ3n) is 1.90. The molecule has 0 radical (unpaired) electrons. The van der Waals surface area contributed by atoms with Gasteiger partial charge in [0.15, 0.2) is 6.20 Å². The maximum atomic E-state index is 11.0. The van der Waals surface area contributed by atoms with Gasteiger partial charge in [0.2, 0.25) is 0 Å². The van der Waals surface area contributed by atoms with Crippen LogP contribution in [0.25, 0.3) is 0 Å². The topological polar surface area (TPSA) is 102 Å². The lowest BCUT2D eigenvalue weighted by Gasteiger charge is -2.12. The molecule has 1 heterocycles. The van der Waals surface area contributed by atoms with E-state index in [9.17, 15) is 18.5 Å². The average Bonchev–Trinajstić information content (AvgIpc) is 2.15. The molecule has 0 aromatic carbocycles. The zero-order valence-corrected chi connectivity index (χ0v) is 10.3. The van der Waals surface area contributed by atoms with Crippen molar-refractivity contribution < 1.29 is 13.3 Å². The van der Waals surface area contributed by atoms with E-state index in [0.717, 1.165) is 6.26 Å². The molecule has 17 heavy (non-hydrogen) atoms. The van der Waals surface area contributed by atoms with Gasteiger partial charge >= 0.3 is 5.82 Å². The molecule has 7 nitrogen and oxygen atoms in total. The van der Waals surface area contributed by atoms with Gasteiger partial charge < -0.3 is 15.4 Å². The van der Waals surface area contributed by atoms with Gasteiger partial charge in [0, 0.05) is 18.4 Å². The number of nitrogens with one attached hydrogen (secondary N) is 1. The summed E-state index contributed by atoms with van der Waals surface area (Å²) in [5.41, 5.74) is 0.548. The summed E-state index contributed by atoms with van der Waals surface area (Å²) >= 11 is 0. The third kappa shape index (κ3) is 4.77. The Morgan fingerprint density at radius 2 is 2.18 bits per heavy atom. The van der Waals surface area contributed by atoms with Gasteiger partial charge in [-0.1, -0.05) is 0 Å². The number of hydrogen-bond acceptors (Lipinski definition) is 6. The monoisotopic (exact) mass is 259 g/mol. The molecule has 0 saturated carbocycles. The molecule has 1 aromatic rings. The fourth-order valence-electron chi connectivity index (χ4n) is 1.36. The van der Waals surface area contributed by atoms with Crippen molar-refractivity contribution in [2.75, 3.05) is 17.3 Å². The quantitative estimate of drug-likeness (QED) is 0.620. The Labute approximate surface area is 98.9 Å². The van der Waals surface area contributed by atoms with Crippen molar-refractivity contribution in [1.82, 2.24) is 4.98 Å². The average molecular weight is 259 g/mol. The number of pyridine rings is 1. The van der Waals surface area contributed by atoms with Gasteiger partial charge in [-0.25, -0.2) is 8.42 Å². The molecule has 0 aliphatic heterocycles. The molecule has 0 bridgehead atoms. The SMILES string of the molecule is CC(CS(C)(=O)=O)Nc1ccc([N+](=O)[O-])nc1. The Morgan fingerprint density at radius 3 is 2.59 bits per heavy atom. The Bertz CT molecular complexity index is 497. The van der Waals surface area contributed by atoms with E-state index in [1.165, 1.54) is 18.3 Å². The largest absolute Gasteiger partial charge is 0.379 e. The number of aromatic nitrogens is 1. The van der Waals surface area contributed by atoms with E-state index in [0.29, 0.717) is 5.69 Å². The van der Waals surface area contributed by atoms with Crippen molar-refractivity contribution in [2.45, 2.75) is 13.0 Å². The molecule has 0 aliphatic rings. The van der Waals surface area contributed by atoms with Crippen LogP contribution in [0.1, 0.15) is 6.92 Å². The van der Waals surface area contributed by atoms with E-state index in [-0.39, 0.29) is 17.6 Å². The van der Waals surface area contributed by atoms with Crippen molar-refractivity contribution in [2.24, 2.45) is 0 Å². The normalized spacial score (nSPS) is 13.1. The summed E-state index contributed by atoms with van der Waals surface area (Å²) in [6.45, 7) is 1.71. The lowest BCUT2D eigenvalue weighted by Crippen LogP contribution is -2.25. The maximum absolute atomic E-state index is 11.0. The van der Waals surface area contributed by atoms with Gasteiger partial charge in [-0.05, 0) is 22.9 Å². The van der Waals surface area contributed by atoms with Gasteiger partial charge in [0.1, 0.15) is 9.84 Å². The molecule has 0 amide bonds. The standard InChI is InChI=1S/C9H13N3O4S/c1-7(6-17(2,15)16)11-8-3-4-9(10-5-8)12(13)14/h3-5,7,11H,6H2,1-2H3. The Hall–Kier alpha value is -1.70. The van der Waals surface area contributed by atoms with E-state index in [2.05, 4.69) is 10.3 Å². The summed E-state index contributed by atoms with van der Waals surface area (Å²) in [7, 11) is -3.06. The highest BCUT2D eigenvalue weighted by molar-refractivity contribution is 7.90. The van der Waals surface area contributed by atoms with Crippen LogP contribution >= 0.6 is 0 Å². The van der Waals surface area contributed by atoms with Gasteiger partial charge in [0.05, 0.1) is 11.4 Å². The molecule has 0 saturated heterocycles. The summed E-state index contributed by atoms with van der Waals surface area (Å²) in [5, 5.41) is 13.3. The van der Waals surface area contributed by atoms with Crippen LogP contribution in [-0.2, 0) is 9.84 Å². The molecule has 1 atom stereocenters. The van der Waals surface area contributed by atoms with E-state index >= 15 is 0 Å². The van der Waals surface area contributed by atoms with Crippen LogP contribution in [0.2, 0.25) is 0 Å². The molecule has 1 aromatic heterocycles. The van der Waals surface area contributed by atoms with Crippen LogP contribution in [0.4, 0.5) is 11.5 Å². The maximum Gasteiger partial charge on any atom is 0.363 e. The number of nitro groups is 1. The van der Waals surface area contributed by atoms with Crippen molar-refractivity contribution in [3.05, 3.63) is 28.4 Å². The first-order chi connectivity index (χ1) is 7.78. The minimum atomic E-state index is -3.06. The highest BCUT2D eigenvalue weighted by Crippen LogP contribution is 2.12. The van der Waals surface area contributed by atoms with Gasteiger partial charge in [-0.2, -0.15) is 0 Å². The predicted octanol–water partition coefficient (Wildman–Crippen LogP) is 0.835. The number of rotatable bonds is 5. The van der Waals surface area contributed by atoms with E-state index in [4.69, 9.17) is 0 Å². The number of nitrogens with zero attached hydrogens (tertiary/aromatic N) is 2. The fraction of sp³-hybridized carbons (Fsp3) is 0.444. The molecule has 94 valence electrons. The molecule has 0 fully saturated rings. The highest BCUT2D eigenvalue weighted by Gasteiger charge is 2.12. The zero-order valence-electron chi connectivity index (χ0n) is 9.45. The van der Waals surface area contributed by atoms with Gasteiger partial charge in [0.25, 0.3) is 0 Å². The summed E-state index contributed by atoms with van der Waals surface area (Å²) in [4.78, 5) is 13.4. The molecule has 0 spiro atoms. The second-order valence-electron chi connectivity index (χ2n) is 3.80. The Kier molecular flexibility index (Phi) is 4.00. The molecule has 8 heteroatoms. The number of hydrogen-bond donors (Lipinski definition) is 1. The minimum absolute atomic E-state index is 0.00993. The molecule has 1 rings (SSSR count). The molecule has 1 unspecified atom stereocenters. The van der Waals surface area contributed by atoms with Crippen LogP contribution in [0, 0.1) is 10.1 Å². The third-order valence-corrected chi connectivity index (χ3v) is 3.01. The van der Waals surface area contributed by atoms with Crippen molar-refractivity contribution in [3.63, 3.8) is 0 Å². The van der Waals surface area contributed by atoms with Crippen molar-refractivity contribution in [3.8, 4) is 0 Å². The van der Waals surface area contributed by atoms with Crippen LogP contribution in [0.5, 0.6) is 0 Å². The lowest BCUT2D eigenvalue weighted by molar-refractivity contribution is -0.389. The first-order valence-corrected chi connectivity index (χ1v) is 6.88. The van der Waals surface area contributed by atoms with E-state index in [1.54, 1.807) is 6.92 Å².